The Balaban J connectivity index is 1.64. The second-order valence-corrected chi connectivity index (χ2v) is 6.86. The van der Waals surface area contributed by atoms with E-state index in [1.165, 1.54) is 24.3 Å². The van der Waals surface area contributed by atoms with Gasteiger partial charge in [-0.3, -0.25) is 9.59 Å². The minimum absolute atomic E-state index is 0.0296. The van der Waals surface area contributed by atoms with E-state index >= 15 is 0 Å². The van der Waals surface area contributed by atoms with Gasteiger partial charge in [-0.05, 0) is 66.4 Å². The fourth-order valence-electron chi connectivity index (χ4n) is 2.54. The summed E-state index contributed by atoms with van der Waals surface area (Å²) < 4.78 is 13.7. The summed E-state index contributed by atoms with van der Waals surface area (Å²) in [6.45, 7) is 0. The standard InChI is InChI=1S/C23H18FNO2S/c1-28-19-13-6-16(7-14-19)8-15-22(26)17-9-11-18(12-10-17)25-23(27)20-4-2-3-5-21(20)24/h2-15H,1H3,(H,25,27). The molecular weight excluding hydrogens is 373 g/mol. The summed E-state index contributed by atoms with van der Waals surface area (Å²) in [6.07, 6.45) is 5.29. The highest BCUT2D eigenvalue weighted by Crippen LogP contribution is 2.17. The van der Waals surface area contributed by atoms with Crippen LogP contribution in [0.1, 0.15) is 26.3 Å². The van der Waals surface area contributed by atoms with Gasteiger partial charge in [0.1, 0.15) is 5.82 Å². The van der Waals surface area contributed by atoms with E-state index in [-0.39, 0.29) is 11.3 Å². The van der Waals surface area contributed by atoms with Gasteiger partial charge in [0.25, 0.3) is 5.91 Å². The summed E-state index contributed by atoms with van der Waals surface area (Å²) in [7, 11) is 0. The van der Waals surface area contributed by atoms with Gasteiger partial charge >= 0.3 is 0 Å². The van der Waals surface area contributed by atoms with E-state index in [0.29, 0.717) is 11.3 Å². The lowest BCUT2D eigenvalue weighted by atomic mass is 10.1. The number of rotatable bonds is 6. The van der Waals surface area contributed by atoms with Gasteiger partial charge in [0.15, 0.2) is 5.78 Å². The normalized spacial score (nSPS) is 10.8. The smallest absolute Gasteiger partial charge is 0.258 e. The zero-order chi connectivity index (χ0) is 19.9. The monoisotopic (exact) mass is 391 g/mol. The molecular formula is C23H18FNO2S. The molecule has 1 amide bonds. The van der Waals surface area contributed by atoms with Crippen LogP contribution in [0, 0.1) is 5.82 Å². The molecule has 0 spiro atoms. The van der Waals surface area contributed by atoms with E-state index in [4.69, 9.17) is 0 Å². The molecule has 0 saturated carbocycles. The van der Waals surface area contributed by atoms with Crippen LogP contribution in [0.3, 0.4) is 0 Å². The molecule has 140 valence electrons. The van der Waals surface area contributed by atoms with Gasteiger partial charge in [-0.1, -0.05) is 30.3 Å². The Morgan fingerprint density at radius 1 is 0.929 bits per heavy atom. The predicted octanol–water partition coefficient (Wildman–Crippen LogP) is 5.70. The molecule has 0 fully saturated rings. The zero-order valence-corrected chi connectivity index (χ0v) is 16.0. The van der Waals surface area contributed by atoms with Crippen molar-refractivity contribution in [3.8, 4) is 0 Å². The molecule has 0 unspecified atom stereocenters. The number of amides is 1. The summed E-state index contributed by atoms with van der Waals surface area (Å²) in [5, 5.41) is 2.62. The maximum atomic E-state index is 13.7. The molecule has 3 nitrogen and oxygen atoms in total. The Kier molecular flexibility index (Phi) is 6.40. The van der Waals surface area contributed by atoms with Crippen molar-refractivity contribution in [3.63, 3.8) is 0 Å². The van der Waals surface area contributed by atoms with Crippen molar-refractivity contribution >= 4 is 35.2 Å². The SMILES string of the molecule is CSc1ccc(C=CC(=O)c2ccc(NC(=O)c3ccccc3F)cc2)cc1. The molecule has 0 bridgehead atoms. The maximum Gasteiger partial charge on any atom is 0.258 e. The van der Waals surface area contributed by atoms with Crippen molar-refractivity contribution in [2.45, 2.75) is 4.90 Å². The van der Waals surface area contributed by atoms with Crippen molar-refractivity contribution < 1.29 is 14.0 Å². The van der Waals surface area contributed by atoms with E-state index < -0.39 is 11.7 Å². The molecule has 0 aliphatic rings. The van der Waals surface area contributed by atoms with Gasteiger partial charge in [-0.2, -0.15) is 0 Å². The van der Waals surface area contributed by atoms with Crippen molar-refractivity contribution in [3.05, 3.63) is 101 Å². The van der Waals surface area contributed by atoms with Gasteiger partial charge in [0.2, 0.25) is 0 Å². The Morgan fingerprint density at radius 2 is 1.61 bits per heavy atom. The molecule has 3 aromatic carbocycles. The van der Waals surface area contributed by atoms with Gasteiger partial charge in [-0.15, -0.1) is 11.8 Å². The molecule has 0 radical (unpaired) electrons. The zero-order valence-electron chi connectivity index (χ0n) is 15.2. The number of hydrogen-bond donors (Lipinski definition) is 1. The van der Waals surface area contributed by atoms with Gasteiger partial charge in [-0.25, -0.2) is 4.39 Å². The Hall–Kier alpha value is -3.18. The maximum absolute atomic E-state index is 13.7. The number of benzene rings is 3. The van der Waals surface area contributed by atoms with E-state index in [9.17, 15) is 14.0 Å². The van der Waals surface area contributed by atoms with Crippen molar-refractivity contribution in [2.75, 3.05) is 11.6 Å². The number of hydrogen-bond acceptors (Lipinski definition) is 3. The quantitative estimate of drug-likeness (QED) is 0.333. The van der Waals surface area contributed by atoms with Crippen LogP contribution in [0.15, 0.2) is 83.8 Å². The van der Waals surface area contributed by atoms with E-state index in [0.717, 1.165) is 10.5 Å². The summed E-state index contributed by atoms with van der Waals surface area (Å²) in [5.41, 5.74) is 1.90. The minimum atomic E-state index is -0.581. The second kappa shape index (κ2) is 9.15. The van der Waals surface area contributed by atoms with Crippen LogP contribution in [-0.2, 0) is 0 Å². The Labute approximate surface area is 167 Å². The average Bonchev–Trinajstić information content (AvgIpc) is 2.73. The Bertz CT molecular complexity index is 1010. The third kappa shape index (κ3) is 4.96. The first-order chi connectivity index (χ1) is 13.6. The first-order valence-corrected chi connectivity index (χ1v) is 9.82. The molecule has 0 atom stereocenters. The molecule has 5 heteroatoms. The molecule has 3 aromatic rings. The molecule has 28 heavy (non-hydrogen) atoms. The lowest BCUT2D eigenvalue weighted by Crippen LogP contribution is -2.13. The summed E-state index contributed by atoms with van der Waals surface area (Å²) >= 11 is 1.66. The highest BCUT2D eigenvalue weighted by atomic mass is 32.2. The number of thioether (sulfide) groups is 1. The first-order valence-electron chi connectivity index (χ1n) is 8.59. The van der Waals surface area contributed by atoms with E-state index in [1.54, 1.807) is 48.2 Å². The minimum Gasteiger partial charge on any atom is -0.322 e. The fraction of sp³-hybridized carbons (Fsp3) is 0.0435. The average molecular weight is 391 g/mol. The van der Waals surface area contributed by atoms with Crippen LogP contribution in [0.5, 0.6) is 0 Å². The van der Waals surface area contributed by atoms with Crippen LogP contribution in [-0.4, -0.2) is 17.9 Å². The number of nitrogens with one attached hydrogen (secondary N) is 1. The number of carbonyl (C=O) groups excluding carboxylic acids is 2. The molecule has 3 rings (SSSR count). The van der Waals surface area contributed by atoms with Crippen molar-refractivity contribution in [1.29, 1.82) is 0 Å². The number of ketones is 1. The fourth-order valence-corrected chi connectivity index (χ4v) is 2.95. The van der Waals surface area contributed by atoms with E-state index in [1.807, 2.05) is 30.5 Å². The van der Waals surface area contributed by atoms with Gasteiger partial charge < -0.3 is 5.32 Å². The van der Waals surface area contributed by atoms with Crippen LogP contribution in [0.4, 0.5) is 10.1 Å². The number of allylic oxidation sites excluding steroid dienone is 1. The van der Waals surface area contributed by atoms with Gasteiger partial charge in [0.05, 0.1) is 5.56 Å². The van der Waals surface area contributed by atoms with Crippen molar-refractivity contribution in [1.82, 2.24) is 0 Å². The summed E-state index contributed by atoms with van der Waals surface area (Å²) in [4.78, 5) is 25.6. The van der Waals surface area contributed by atoms with E-state index in [2.05, 4.69) is 5.32 Å². The Morgan fingerprint density at radius 3 is 2.25 bits per heavy atom. The number of anilines is 1. The number of carbonyl (C=O) groups is 2. The lowest BCUT2D eigenvalue weighted by molar-refractivity contribution is 0.102. The first kappa shape index (κ1) is 19.6. The highest BCUT2D eigenvalue weighted by Gasteiger charge is 2.11. The second-order valence-electron chi connectivity index (χ2n) is 5.98. The van der Waals surface area contributed by atoms with Gasteiger partial charge in [0, 0.05) is 16.1 Å². The molecule has 0 aromatic heterocycles. The van der Waals surface area contributed by atoms with Crippen LogP contribution in [0.25, 0.3) is 6.08 Å². The van der Waals surface area contributed by atoms with Crippen LogP contribution >= 0.6 is 11.8 Å². The van der Waals surface area contributed by atoms with Crippen LogP contribution < -0.4 is 5.32 Å². The van der Waals surface area contributed by atoms with Crippen molar-refractivity contribution in [2.24, 2.45) is 0 Å². The third-order valence-electron chi connectivity index (χ3n) is 4.09. The molecule has 0 saturated heterocycles. The molecule has 0 heterocycles. The molecule has 0 aliphatic carbocycles. The largest absolute Gasteiger partial charge is 0.322 e. The van der Waals surface area contributed by atoms with Crippen LogP contribution in [0.2, 0.25) is 0 Å². The molecule has 0 aliphatic heterocycles. The summed E-state index contributed by atoms with van der Waals surface area (Å²) in [5.74, 6) is -1.26. The predicted molar refractivity (Wildman–Crippen MR) is 112 cm³/mol. The summed E-state index contributed by atoms with van der Waals surface area (Å²) in [6, 6.07) is 20.2. The highest BCUT2D eigenvalue weighted by molar-refractivity contribution is 7.98. The number of halogens is 1. The lowest BCUT2D eigenvalue weighted by Gasteiger charge is -2.06. The topological polar surface area (TPSA) is 46.2 Å². The third-order valence-corrected chi connectivity index (χ3v) is 4.83. The molecule has 1 N–H and O–H groups in total.